The summed E-state index contributed by atoms with van der Waals surface area (Å²) < 4.78 is 5.45. The van der Waals surface area contributed by atoms with Gasteiger partial charge in [0.1, 0.15) is 0 Å². The Labute approximate surface area is 139 Å². The van der Waals surface area contributed by atoms with Crippen molar-refractivity contribution in [1.82, 2.24) is 4.90 Å². The van der Waals surface area contributed by atoms with Crippen molar-refractivity contribution in [2.24, 2.45) is 5.73 Å². The van der Waals surface area contributed by atoms with Crippen molar-refractivity contribution in [3.8, 4) is 0 Å². The predicted molar refractivity (Wildman–Crippen MR) is 91.2 cm³/mol. The van der Waals surface area contributed by atoms with E-state index in [1.54, 1.807) is 0 Å². The molecular weight excluding hydrogens is 300 g/mol. The van der Waals surface area contributed by atoms with Gasteiger partial charge in [0.2, 0.25) is 5.91 Å². The highest BCUT2D eigenvalue weighted by Crippen LogP contribution is 2.15. The first-order chi connectivity index (χ1) is 10.2. The van der Waals surface area contributed by atoms with Crippen LogP contribution in [-0.4, -0.2) is 42.6 Å². The number of amides is 1. The number of carbonyl (C=O) groups is 1. The third-order valence-electron chi connectivity index (χ3n) is 4.03. The average molecular weight is 327 g/mol. The smallest absolute Gasteiger partial charge is 0.239 e. The van der Waals surface area contributed by atoms with Crippen LogP contribution in [0.5, 0.6) is 0 Å². The Kier molecular flexibility index (Phi) is 8.46. The first-order valence-corrected chi connectivity index (χ1v) is 7.90. The quantitative estimate of drug-likeness (QED) is 0.837. The maximum absolute atomic E-state index is 12.6. The van der Waals surface area contributed by atoms with Gasteiger partial charge in [0, 0.05) is 13.2 Å². The molecule has 2 N–H and O–H groups in total. The molecule has 1 heterocycles. The fraction of sp³-hybridized carbons (Fsp3) is 0.588. The summed E-state index contributed by atoms with van der Waals surface area (Å²) in [4.78, 5) is 14.5. The van der Waals surface area contributed by atoms with E-state index in [-0.39, 0.29) is 30.4 Å². The third-order valence-corrected chi connectivity index (χ3v) is 4.03. The summed E-state index contributed by atoms with van der Waals surface area (Å²) >= 11 is 0. The summed E-state index contributed by atoms with van der Waals surface area (Å²) in [7, 11) is 0. The summed E-state index contributed by atoms with van der Waals surface area (Å²) in [5, 5.41) is 0. The van der Waals surface area contributed by atoms with Crippen molar-refractivity contribution in [3.63, 3.8) is 0 Å². The van der Waals surface area contributed by atoms with Crippen LogP contribution < -0.4 is 5.73 Å². The van der Waals surface area contributed by atoms with Gasteiger partial charge in [-0.2, -0.15) is 0 Å². The monoisotopic (exact) mass is 326 g/mol. The lowest BCUT2D eigenvalue weighted by atomic mass is 10.1. The number of benzene rings is 1. The highest BCUT2D eigenvalue weighted by Gasteiger charge is 2.29. The lowest BCUT2D eigenvalue weighted by molar-refractivity contribution is -0.135. The highest BCUT2D eigenvalue weighted by molar-refractivity contribution is 5.85. The Balaban J connectivity index is 0.00000242. The van der Waals surface area contributed by atoms with Crippen LogP contribution in [0.1, 0.15) is 31.7 Å². The van der Waals surface area contributed by atoms with Gasteiger partial charge in [0.15, 0.2) is 0 Å². The molecule has 0 aromatic heterocycles. The summed E-state index contributed by atoms with van der Waals surface area (Å²) in [6.45, 7) is 4.15. The van der Waals surface area contributed by atoms with E-state index in [0.717, 1.165) is 32.3 Å². The molecule has 0 saturated carbocycles. The average Bonchev–Trinajstić information content (AvgIpc) is 3.03. The third kappa shape index (κ3) is 5.27. The normalized spacial score (nSPS) is 18.5. The molecule has 124 valence electrons. The molecule has 1 aromatic carbocycles. The molecule has 22 heavy (non-hydrogen) atoms. The van der Waals surface area contributed by atoms with Crippen molar-refractivity contribution < 1.29 is 9.53 Å². The zero-order valence-electron chi connectivity index (χ0n) is 13.2. The fourth-order valence-corrected chi connectivity index (χ4v) is 2.78. The lowest BCUT2D eigenvalue weighted by Crippen LogP contribution is -2.49. The van der Waals surface area contributed by atoms with Crippen LogP contribution in [0.3, 0.4) is 0 Å². The number of hydrogen-bond donors (Lipinski definition) is 1. The van der Waals surface area contributed by atoms with Gasteiger partial charge in [-0.25, -0.2) is 0 Å². The summed E-state index contributed by atoms with van der Waals surface area (Å²) in [5.74, 6) is 0.0725. The SMILES string of the molecule is CCCC(N)C(=O)N(CCc1ccccc1)C1CCOC1.Cl. The van der Waals surface area contributed by atoms with E-state index >= 15 is 0 Å². The van der Waals surface area contributed by atoms with Crippen LogP contribution in [0.4, 0.5) is 0 Å². The molecule has 4 nitrogen and oxygen atoms in total. The number of hydrogen-bond acceptors (Lipinski definition) is 3. The van der Waals surface area contributed by atoms with E-state index in [2.05, 4.69) is 19.1 Å². The van der Waals surface area contributed by atoms with Gasteiger partial charge in [-0.3, -0.25) is 4.79 Å². The molecule has 0 aliphatic carbocycles. The Morgan fingerprint density at radius 1 is 1.41 bits per heavy atom. The number of halogens is 1. The molecule has 0 bridgehead atoms. The molecule has 1 saturated heterocycles. The first-order valence-electron chi connectivity index (χ1n) is 7.90. The van der Waals surface area contributed by atoms with Crippen molar-refractivity contribution in [1.29, 1.82) is 0 Å². The fourth-order valence-electron chi connectivity index (χ4n) is 2.78. The molecule has 1 aliphatic rings. The molecule has 2 unspecified atom stereocenters. The van der Waals surface area contributed by atoms with Crippen LogP contribution in [0.2, 0.25) is 0 Å². The molecule has 2 atom stereocenters. The van der Waals surface area contributed by atoms with E-state index in [4.69, 9.17) is 10.5 Å². The van der Waals surface area contributed by atoms with Gasteiger partial charge >= 0.3 is 0 Å². The van der Waals surface area contributed by atoms with Crippen LogP contribution in [0.25, 0.3) is 0 Å². The Morgan fingerprint density at radius 3 is 2.73 bits per heavy atom. The van der Waals surface area contributed by atoms with Crippen LogP contribution in [-0.2, 0) is 16.0 Å². The van der Waals surface area contributed by atoms with Gasteiger partial charge in [0.25, 0.3) is 0 Å². The van der Waals surface area contributed by atoms with Crippen LogP contribution in [0, 0.1) is 0 Å². The van der Waals surface area contributed by atoms with Crippen molar-refractivity contribution in [3.05, 3.63) is 35.9 Å². The Morgan fingerprint density at radius 2 is 2.14 bits per heavy atom. The topological polar surface area (TPSA) is 55.6 Å². The maximum atomic E-state index is 12.6. The van der Waals surface area contributed by atoms with Gasteiger partial charge in [-0.15, -0.1) is 12.4 Å². The molecule has 1 fully saturated rings. The van der Waals surface area contributed by atoms with E-state index < -0.39 is 0 Å². The number of rotatable bonds is 7. The minimum absolute atomic E-state index is 0. The highest BCUT2D eigenvalue weighted by atomic mass is 35.5. The second-order valence-electron chi connectivity index (χ2n) is 5.68. The van der Waals surface area contributed by atoms with Crippen molar-refractivity contribution in [2.45, 2.75) is 44.7 Å². The molecule has 0 radical (unpaired) electrons. The minimum Gasteiger partial charge on any atom is -0.379 e. The number of carbonyl (C=O) groups excluding carboxylic acids is 1. The van der Waals surface area contributed by atoms with E-state index in [1.807, 2.05) is 23.1 Å². The second-order valence-corrected chi connectivity index (χ2v) is 5.68. The van der Waals surface area contributed by atoms with Crippen LogP contribution >= 0.6 is 12.4 Å². The van der Waals surface area contributed by atoms with Gasteiger partial charge in [-0.05, 0) is 24.8 Å². The molecule has 0 spiro atoms. The zero-order valence-corrected chi connectivity index (χ0v) is 14.1. The largest absolute Gasteiger partial charge is 0.379 e. The molecule has 2 rings (SSSR count). The molecule has 1 aliphatic heterocycles. The Bertz CT molecular complexity index is 436. The summed E-state index contributed by atoms with van der Waals surface area (Å²) in [6, 6.07) is 10.1. The minimum atomic E-state index is -0.383. The van der Waals surface area contributed by atoms with E-state index in [1.165, 1.54) is 5.56 Å². The molecule has 1 aromatic rings. The maximum Gasteiger partial charge on any atom is 0.239 e. The standard InChI is InChI=1S/C17H26N2O2.ClH/c1-2-6-16(18)17(20)19(15-10-12-21-13-15)11-9-14-7-4-3-5-8-14;/h3-5,7-8,15-16H,2,6,9-13,18H2,1H3;1H. The molecular formula is C17H27ClN2O2. The second kappa shape index (κ2) is 9.82. The van der Waals surface area contributed by atoms with Crippen LogP contribution in [0.15, 0.2) is 30.3 Å². The van der Waals surface area contributed by atoms with E-state index in [0.29, 0.717) is 13.2 Å². The van der Waals surface area contributed by atoms with E-state index in [9.17, 15) is 4.79 Å². The van der Waals surface area contributed by atoms with Crippen molar-refractivity contribution in [2.75, 3.05) is 19.8 Å². The van der Waals surface area contributed by atoms with Crippen molar-refractivity contribution >= 4 is 18.3 Å². The van der Waals surface area contributed by atoms with Gasteiger partial charge in [0.05, 0.1) is 18.7 Å². The Hall–Kier alpha value is -1.10. The summed E-state index contributed by atoms with van der Waals surface area (Å²) in [5.41, 5.74) is 7.28. The zero-order chi connectivity index (χ0) is 15.1. The van der Waals surface area contributed by atoms with Gasteiger partial charge < -0.3 is 15.4 Å². The lowest BCUT2D eigenvalue weighted by Gasteiger charge is -2.30. The molecule has 5 heteroatoms. The summed E-state index contributed by atoms with van der Waals surface area (Å²) in [6.07, 6.45) is 3.45. The first kappa shape index (κ1) is 18.9. The number of ether oxygens (including phenoxy) is 1. The van der Waals surface area contributed by atoms with Gasteiger partial charge in [-0.1, -0.05) is 43.7 Å². The number of nitrogens with two attached hydrogens (primary N) is 1. The number of nitrogens with zero attached hydrogens (tertiary/aromatic N) is 1. The molecule has 1 amide bonds. The predicted octanol–water partition coefficient (Wildman–Crippen LogP) is 2.40.